The number of rotatable bonds is 14. The van der Waals surface area contributed by atoms with Gasteiger partial charge in [0.2, 0.25) is 0 Å². The van der Waals surface area contributed by atoms with Crippen LogP contribution in [0.25, 0.3) is 0 Å². The van der Waals surface area contributed by atoms with Crippen molar-refractivity contribution in [1.29, 1.82) is 0 Å². The molecule has 140 valence electrons. The molecular formula is C18H38O5. The van der Waals surface area contributed by atoms with Crippen molar-refractivity contribution in [2.75, 3.05) is 39.6 Å². The summed E-state index contributed by atoms with van der Waals surface area (Å²) < 4.78 is 17.2. The van der Waals surface area contributed by atoms with Crippen LogP contribution in [-0.2, 0) is 14.2 Å². The summed E-state index contributed by atoms with van der Waals surface area (Å²) in [6, 6.07) is 0. The fourth-order valence-corrected chi connectivity index (χ4v) is 1.73. The molecule has 5 heteroatoms. The van der Waals surface area contributed by atoms with Gasteiger partial charge in [-0.05, 0) is 26.7 Å². The first-order chi connectivity index (χ1) is 10.7. The van der Waals surface area contributed by atoms with E-state index in [1.807, 2.05) is 27.7 Å². The third kappa shape index (κ3) is 9.62. The zero-order chi connectivity index (χ0) is 17.9. The van der Waals surface area contributed by atoms with Gasteiger partial charge in [-0.25, -0.2) is 0 Å². The van der Waals surface area contributed by atoms with E-state index in [1.54, 1.807) is 0 Å². The first-order valence-corrected chi connectivity index (χ1v) is 8.77. The van der Waals surface area contributed by atoms with Gasteiger partial charge >= 0.3 is 0 Å². The zero-order valence-corrected chi connectivity index (χ0v) is 15.9. The van der Waals surface area contributed by atoms with Crippen LogP contribution in [0.2, 0.25) is 0 Å². The standard InChI is InChI=1S/C18H38O5/c1-7-17(5,11-19)13-21-9-15(3)22-10-16(4)23-14-18(6,8-2)12-20/h15-16,19-20H,7-14H2,1-6H3. The summed E-state index contributed by atoms with van der Waals surface area (Å²) >= 11 is 0. The van der Waals surface area contributed by atoms with Crippen LogP contribution in [0.1, 0.15) is 54.4 Å². The van der Waals surface area contributed by atoms with Gasteiger partial charge in [0, 0.05) is 10.8 Å². The van der Waals surface area contributed by atoms with E-state index >= 15 is 0 Å². The summed E-state index contributed by atoms with van der Waals surface area (Å²) in [5.41, 5.74) is -0.358. The Labute approximate surface area is 142 Å². The second kappa shape index (κ2) is 11.4. The van der Waals surface area contributed by atoms with E-state index in [9.17, 15) is 10.2 Å². The number of aliphatic hydroxyl groups excluding tert-OH is 2. The first kappa shape index (κ1) is 22.8. The van der Waals surface area contributed by atoms with Crippen molar-refractivity contribution in [2.24, 2.45) is 10.8 Å². The Hall–Kier alpha value is -0.200. The molecule has 0 saturated heterocycles. The Bertz CT molecular complexity index is 287. The van der Waals surface area contributed by atoms with Gasteiger partial charge < -0.3 is 24.4 Å². The van der Waals surface area contributed by atoms with Gasteiger partial charge in [0.05, 0.1) is 51.8 Å². The molecule has 0 spiro atoms. The minimum atomic E-state index is -0.183. The van der Waals surface area contributed by atoms with Crippen molar-refractivity contribution in [3.05, 3.63) is 0 Å². The van der Waals surface area contributed by atoms with Crippen molar-refractivity contribution in [1.82, 2.24) is 0 Å². The highest BCUT2D eigenvalue weighted by Crippen LogP contribution is 2.21. The predicted octanol–water partition coefficient (Wildman–Crippen LogP) is 2.63. The molecule has 0 amide bonds. The lowest BCUT2D eigenvalue weighted by Gasteiger charge is -2.28. The van der Waals surface area contributed by atoms with Gasteiger partial charge in [-0.3, -0.25) is 0 Å². The van der Waals surface area contributed by atoms with Gasteiger partial charge in [-0.1, -0.05) is 27.7 Å². The Morgan fingerprint density at radius 3 is 1.74 bits per heavy atom. The second-order valence-corrected chi connectivity index (χ2v) is 7.43. The fourth-order valence-electron chi connectivity index (χ4n) is 1.73. The summed E-state index contributed by atoms with van der Waals surface area (Å²) in [6.07, 6.45) is 1.72. The van der Waals surface area contributed by atoms with Gasteiger partial charge in [0.15, 0.2) is 0 Å². The topological polar surface area (TPSA) is 68.2 Å². The summed E-state index contributed by atoms with van der Waals surface area (Å²) in [5.74, 6) is 0. The summed E-state index contributed by atoms with van der Waals surface area (Å²) in [5, 5.41) is 18.7. The summed E-state index contributed by atoms with van der Waals surface area (Å²) in [6.45, 7) is 14.4. The smallest absolute Gasteiger partial charge is 0.0781 e. The Morgan fingerprint density at radius 1 is 0.783 bits per heavy atom. The molecule has 0 fully saturated rings. The molecule has 5 nitrogen and oxygen atoms in total. The van der Waals surface area contributed by atoms with Crippen LogP contribution in [0.4, 0.5) is 0 Å². The zero-order valence-electron chi connectivity index (χ0n) is 15.9. The number of aliphatic hydroxyl groups is 2. The molecule has 2 N–H and O–H groups in total. The van der Waals surface area contributed by atoms with Crippen LogP contribution in [0.5, 0.6) is 0 Å². The van der Waals surface area contributed by atoms with Crippen LogP contribution >= 0.6 is 0 Å². The quantitative estimate of drug-likeness (QED) is 0.511. The third-order valence-corrected chi connectivity index (χ3v) is 4.61. The minimum absolute atomic E-state index is 0.0174. The van der Waals surface area contributed by atoms with E-state index in [4.69, 9.17) is 14.2 Å². The van der Waals surface area contributed by atoms with E-state index in [0.717, 1.165) is 12.8 Å². The molecule has 0 heterocycles. The van der Waals surface area contributed by atoms with Crippen molar-refractivity contribution < 1.29 is 24.4 Å². The van der Waals surface area contributed by atoms with Gasteiger partial charge in [0.25, 0.3) is 0 Å². The van der Waals surface area contributed by atoms with E-state index in [2.05, 4.69) is 13.8 Å². The average molecular weight is 334 g/mol. The van der Waals surface area contributed by atoms with Crippen LogP contribution in [0.3, 0.4) is 0 Å². The minimum Gasteiger partial charge on any atom is -0.396 e. The summed E-state index contributed by atoms with van der Waals surface area (Å²) in [4.78, 5) is 0. The molecule has 0 saturated carbocycles. The van der Waals surface area contributed by atoms with E-state index < -0.39 is 0 Å². The third-order valence-electron chi connectivity index (χ3n) is 4.61. The maximum absolute atomic E-state index is 9.37. The predicted molar refractivity (Wildman–Crippen MR) is 92.6 cm³/mol. The molecule has 0 aliphatic rings. The van der Waals surface area contributed by atoms with Crippen LogP contribution in [0.15, 0.2) is 0 Å². The molecule has 23 heavy (non-hydrogen) atoms. The number of hydrogen-bond acceptors (Lipinski definition) is 5. The first-order valence-electron chi connectivity index (χ1n) is 8.77. The average Bonchev–Trinajstić information content (AvgIpc) is 2.57. The maximum Gasteiger partial charge on any atom is 0.0781 e. The summed E-state index contributed by atoms with van der Waals surface area (Å²) in [7, 11) is 0. The molecule has 0 rings (SSSR count). The highest BCUT2D eigenvalue weighted by atomic mass is 16.6. The molecule has 0 radical (unpaired) electrons. The normalized spacial score (nSPS) is 19.8. The van der Waals surface area contributed by atoms with E-state index in [0.29, 0.717) is 26.4 Å². The second-order valence-electron chi connectivity index (χ2n) is 7.43. The lowest BCUT2D eigenvalue weighted by molar-refractivity contribution is -0.0865. The molecule has 0 aliphatic heterocycles. The molecular weight excluding hydrogens is 296 g/mol. The SMILES string of the molecule is CCC(C)(CO)COCC(C)OCC(C)OCC(C)(CC)CO. The highest BCUT2D eigenvalue weighted by molar-refractivity contribution is 4.72. The van der Waals surface area contributed by atoms with E-state index in [-0.39, 0.29) is 36.3 Å². The van der Waals surface area contributed by atoms with Gasteiger partial charge in [-0.2, -0.15) is 0 Å². The molecule has 0 aromatic heterocycles. The van der Waals surface area contributed by atoms with Crippen LogP contribution < -0.4 is 0 Å². The highest BCUT2D eigenvalue weighted by Gasteiger charge is 2.23. The molecule has 4 unspecified atom stereocenters. The maximum atomic E-state index is 9.37. The lowest BCUT2D eigenvalue weighted by Crippen LogP contribution is -2.32. The molecule has 0 aromatic rings. The van der Waals surface area contributed by atoms with Crippen LogP contribution in [-0.4, -0.2) is 62.1 Å². The molecule has 4 atom stereocenters. The van der Waals surface area contributed by atoms with E-state index in [1.165, 1.54) is 0 Å². The number of ether oxygens (including phenoxy) is 3. The molecule has 0 bridgehead atoms. The Balaban J connectivity index is 3.90. The monoisotopic (exact) mass is 334 g/mol. The Morgan fingerprint density at radius 2 is 1.26 bits per heavy atom. The largest absolute Gasteiger partial charge is 0.396 e. The fraction of sp³-hybridized carbons (Fsp3) is 1.00. The van der Waals surface area contributed by atoms with Crippen molar-refractivity contribution in [3.63, 3.8) is 0 Å². The van der Waals surface area contributed by atoms with Crippen molar-refractivity contribution >= 4 is 0 Å². The van der Waals surface area contributed by atoms with Gasteiger partial charge in [-0.15, -0.1) is 0 Å². The van der Waals surface area contributed by atoms with Crippen LogP contribution in [0, 0.1) is 10.8 Å². The van der Waals surface area contributed by atoms with Crippen molar-refractivity contribution in [3.8, 4) is 0 Å². The Kier molecular flexibility index (Phi) is 11.3. The molecule has 0 aliphatic carbocycles. The lowest BCUT2D eigenvalue weighted by atomic mass is 9.90. The van der Waals surface area contributed by atoms with Crippen molar-refractivity contribution in [2.45, 2.75) is 66.6 Å². The molecule has 0 aromatic carbocycles. The number of hydrogen-bond donors (Lipinski definition) is 2. The van der Waals surface area contributed by atoms with Gasteiger partial charge in [0.1, 0.15) is 0 Å².